The van der Waals surface area contributed by atoms with Gasteiger partial charge in [0, 0.05) is 31.8 Å². The van der Waals surface area contributed by atoms with Crippen LogP contribution in [0.25, 0.3) is 28.2 Å². The predicted molar refractivity (Wildman–Crippen MR) is 117 cm³/mol. The molecule has 0 aliphatic rings. The monoisotopic (exact) mass is 422 g/mol. The van der Waals surface area contributed by atoms with Gasteiger partial charge < -0.3 is 14.2 Å². The van der Waals surface area contributed by atoms with Gasteiger partial charge in [-0.25, -0.2) is 9.78 Å². The Bertz CT molecular complexity index is 1370. The molecular formula is C22H22N4O5. The highest BCUT2D eigenvalue weighted by Crippen LogP contribution is 2.40. The second-order valence-electron chi connectivity index (χ2n) is 6.90. The largest absolute Gasteiger partial charge is 0.493 e. The summed E-state index contributed by atoms with van der Waals surface area (Å²) >= 11 is 0. The van der Waals surface area contributed by atoms with Crippen LogP contribution in [-0.4, -0.2) is 40.0 Å². The summed E-state index contributed by atoms with van der Waals surface area (Å²) in [6.07, 6.45) is 0. The lowest BCUT2D eigenvalue weighted by atomic mass is 10.2. The van der Waals surface area contributed by atoms with Crippen molar-refractivity contribution in [2.45, 2.75) is 0 Å². The van der Waals surface area contributed by atoms with Crippen molar-refractivity contribution in [2.24, 2.45) is 14.1 Å². The fourth-order valence-corrected chi connectivity index (χ4v) is 3.62. The van der Waals surface area contributed by atoms with Gasteiger partial charge in [-0.3, -0.25) is 18.5 Å². The maximum atomic E-state index is 13.2. The van der Waals surface area contributed by atoms with Gasteiger partial charge in [0.1, 0.15) is 5.82 Å². The molecule has 9 nitrogen and oxygen atoms in total. The van der Waals surface area contributed by atoms with Crippen LogP contribution in [0.3, 0.4) is 0 Å². The third kappa shape index (κ3) is 3.05. The lowest BCUT2D eigenvalue weighted by Crippen LogP contribution is -2.37. The molecule has 160 valence electrons. The van der Waals surface area contributed by atoms with Crippen molar-refractivity contribution in [1.82, 2.24) is 18.7 Å². The van der Waals surface area contributed by atoms with Gasteiger partial charge in [-0.15, -0.1) is 0 Å². The molecule has 9 heteroatoms. The van der Waals surface area contributed by atoms with E-state index in [1.54, 1.807) is 23.7 Å². The first-order chi connectivity index (χ1) is 14.9. The summed E-state index contributed by atoms with van der Waals surface area (Å²) in [4.78, 5) is 30.4. The zero-order chi connectivity index (χ0) is 22.3. The molecule has 0 fully saturated rings. The summed E-state index contributed by atoms with van der Waals surface area (Å²) in [6, 6.07) is 12.9. The van der Waals surface area contributed by atoms with Crippen LogP contribution in [0.2, 0.25) is 0 Å². The molecule has 2 heterocycles. The summed E-state index contributed by atoms with van der Waals surface area (Å²) in [6.45, 7) is 0. The van der Waals surface area contributed by atoms with E-state index < -0.39 is 11.2 Å². The molecule has 0 aliphatic carbocycles. The first-order valence-electron chi connectivity index (χ1n) is 9.47. The first-order valence-corrected chi connectivity index (χ1v) is 9.47. The normalized spacial score (nSPS) is 11.0. The number of imidazole rings is 1. The van der Waals surface area contributed by atoms with E-state index in [0.29, 0.717) is 28.8 Å². The van der Waals surface area contributed by atoms with Crippen molar-refractivity contribution in [2.75, 3.05) is 21.3 Å². The highest BCUT2D eigenvalue weighted by atomic mass is 16.5. The van der Waals surface area contributed by atoms with E-state index >= 15 is 0 Å². The van der Waals surface area contributed by atoms with Gasteiger partial charge >= 0.3 is 5.69 Å². The summed E-state index contributed by atoms with van der Waals surface area (Å²) in [5.74, 6) is 1.79. The lowest BCUT2D eigenvalue weighted by molar-refractivity contribution is 0.324. The fourth-order valence-electron chi connectivity index (χ4n) is 3.62. The summed E-state index contributed by atoms with van der Waals surface area (Å²) < 4.78 is 20.5. The number of ether oxygens (including phenoxy) is 3. The molecule has 4 rings (SSSR count). The van der Waals surface area contributed by atoms with Crippen LogP contribution in [0.1, 0.15) is 0 Å². The number of benzene rings is 2. The third-order valence-electron chi connectivity index (χ3n) is 5.20. The molecule has 0 radical (unpaired) electrons. The van der Waals surface area contributed by atoms with Gasteiger partial charge in [-0.05, 0) is 0 Å². The van der Waals surface area contributed by atoms with Gasteiger partial charge in [-0.1, -0.05) is 30.3 Å². The number of aryl methyl sites for hydroxylation is 1. The van der Waals surface area contributed by atoms with E-state index in [9.17, 15) is 9.59 Å². The van der Waals surface area contributed by atoms with Crippen LogP contribution in [0.15, 0.2) is 52.1 Å². The molecule has 0 bridgehead atoms. The van der Waals surface area contributed by atoms with Gasteiger partial charge in [0.25, 0.3) is 5.56 Å². The average molecular weight is 422 g/mol. The SMILES string of the molecule is COc1cc(-n2c(-c3ccccc3)nc3c2c(=O)n(C)c(=O)n3C)cc(OC)c1OC. The predicted octanol–water partition coefficient (Wildman–Crippen LogP) is 2.12. The first kappa shape index (κ1) is 20.3. The maximum absolute atomic E-state index is 13.2. The highest BCUT2D eigenvalue weighted by molar-refractivity contribution is 5.80. The maximum Gasteiger partial charge on any atom is 0.332 e. The van der Waals surface area contributed by atoms with Gasteiger partial charge in [0.2, 0.25) is 5.75 Å². The Morgan fingerprint density at radius 3 is 2.00 bits per heavy atom. The quantitative estimate of drug-likeness (QED) is 0.489. The minimum absolute atomic E-state index is 0.262. The van der Waals surface area contributed by atoms with Crippen LogP contribution >= 0.6 is 0 Å². The summed E-state index contributed by atoms with van der Waals surface area (Å²) in [5.41, 5.74) is 0.986. The molecule has 0 saturated heterocycles. The van der Waals surface area contributed by atoms with Crippen molar-refractivity contribution in [3.05, 3.63) is 63.3 Å². The van der Waals surface area contributed by atoms with Gasteiger partial charge in [0.05, 0.1) is 27.0 Å². The zero-order valence-corrected chi connectivity index (χ0v) is 17.9. The Hall–Kier alpha value is -4.01. The molecule has 0 saturated carbocycles. The molecule has 4 aromatic rings. The van der Waals surface area contributed by atoms with E-state index in [4.69, 9.17) is 14.2 Å². The molecule has 2 aromatic carbocycles. The number of hydrogen-bond acceptors (Lipinski definition) is 6. The average Bonchev–Trinajstić information content (AvgIpc) is 3.21. The Morgan fingerprint density at radius 1 is 0.839 bits per heavy atom. The molecule has 0 aliphatic heterocycles. The second kappa shape index (κ2) is 7.67. The summed E-state index contributed by atoms with van der Waals surface area (Å²) in [5, 5.41) is 0. The van der Waals surface area contributed by atoms with Crippen LogP contribution in [-0.2, 0) is 14.1 Å². The number of fused-ring (bicyclic) bond motifs is 1. The number of aromatic nitrogens is 4. The number of hydrogen-bond donors (Lipinski definition) is 0. The van der Waals surface area contributed by atoms with Crippen LogP contribution in [0.4, 0.5) is 0 Å². The second-order valence-corrected chi connectivity index (χ2v) is 6.90. The molecule has 31 heavy (non-hydrogen) atoms. The Kier molecular flexibility index (Phi) is 5.02. The van der Waals surface area contributed by atoms with Crippen LogP contribution in [0, 0.1) is 0 Å². The summed E-state index contributed by atoms with van der Waals surface area (Å²) in [7, 11) is 7.60. The minimum atomic E-state index is -0.457. The molecular weight excluding hydrogens is 400 g/mol. The van der Waals surface area contributed by atoms with Crippen molar-refractivity contribution < 1.29 is 14.2 Å². The Balaban J connectivity index is 2.20. The van der Waals surface area contributed by atoms with Gasteiger partial charge in [0.15, 0.2) is 22.7 Å². The molecule has 0 atom stereocenters. The lowest BCUT2D eigenvalue weighted by Gasteiger charge is -2.16. The Labute approximate surface area is 177 Å². The zero-order valence-electron chi connectivity index (χ0n) is 17.9. The number of rotatable bonds is 5. The molecule has 0 amide bonds. The van der Waals surface area contributed by atoms with Crippen molar-refractivity contribution in [3.63, 3.8) is 0 Å². The molecule has 2 aromatic heterocycles. The Morgan fingerprint density at radius 2 is 1.45 bits per heavy atom. The highest BCUT2D eigenvalue weighted by Gasteiger charge is 2.23. The minimum Gasteiger partial charge on any atom is -0.493 e. The van der Waals surface area contributed by atoms with E-state index in [1.807, 2.05) is 30.3 Å². The topological polar surface area (TPSA) is 89.5 Å². The standard InChI is InChI=1S/C22H22N4O5/c1-24-20-17(21(27)25(2)22(24)28)26(19(23-20)13-9-7-6-8-10-13)14-11-15(29-3)18(31-5)16(12-14)30-4/h6-12H,1-5H3. The van der Waals surface area contributed by atoms with Gasteiger partial charge in [-0.2, -0.15) is 0 Å². The van der Waals surface area contributed by atoms with E-state index in [1.165, 1.54) is 32.9 Å². The van der Waals surface area contributed by atoms with Crippen LogP contribution in [0.5, 0.6) is 17.2 Å². The molecule has 0 N–H and O–H groups in total. The third-order valence-corrected chi connectivity index (χ3v) is 5.20. The van der Waals surface area contributed by atoms with E-state index in [2.05, 4.69) is 4.98 Å². The number of nitrogens with zero attached hydrogens (tertiary/aromatic N) is 4. The van der Waals surface area contributed by atoms with E-state index in [0.717, 1.165) is 10.1 Å². The molecule has 0 spiro atoms. The molecule has 0 unspecified atom stereocenters. The van der Waals surface area contributed by atoms with E-state index in [-0.39, 0.29) is 11.2 Å². The van der Waals surface area contributed by atoms with Crippen molar-refractivity contribution in [1.29, 1.82) is 0 Å². The number of methoxy groups -OCH3 is 3. The smallest absolute Gasteiger partial charge is 0.332 e. The van der Waals surface area contributed by atoms with Crippen molar-refractivity contribution >= 4 is 11.2 Å². The fraction of sp³-hybridized carbons (Fsp3) is 0.227. The van der Waals surface area contributed by atoms with Crippen LogP contribution < -0.4 is 25.5 Å². The van der Waals surface area contributed by atoms with Crippen molar-refractivity contribution in [3.8, 4) is 34.3 Å².